The van der Waals surface area contributed by atoms with Crippen LogP contribution >= 0.6 is 11.6 Å². The van der Waals surface area contributed by atoms with Gasteiger partial charge in [0.2, 0.25) is 5.91 Å². The summed E-state index contributed by atoms with van der Waals surface area (Å²) in [6.07, 6.45) is 0.442. The van der Waals surface area contributed by atoms with Crippen molar-refractivity contribution in [3.05, 3.63) is 29.3 Å². The van der Waals surface area contributed by atoms with Crippen LogP contribution in [0.1, 0.15) is 6.42 Å². The van der Waals surface area contributed by atoms with Crippen molar-refractivity contribution in [2.75, 3.05) is 26.3 Å². The number of ether oxygens (including phenoxy) is 1. The molecule has 0 spiro atoms. The van der Waals surface area contributed by atoms with Crippen LogP contribution in [0, 0.1) is 5.92 Å². The molecule has 1 heterocycles. The maximum Gasteiger partial charge on any atom is 0.223 e. The van der Waals surface area contributed by atoms with Gasteiger partial charge in [-0.1, -0.05) is 11.6 Å². The predicted octanol–water partition coefficient (Wildman–Crippen LogP) is 1.56. The lowest BCUT2D eigenvalue weighted by molar-refractivity contribution is -0.128. The number of likely N-dealkylation sites (tertiary alicyclic amines) is 1. The first-order valence-electron chi connectivity index (χ1n) is 5.96. The zero-order chi connectivity index (χ0) is 13.0. The van der Waals surface area contributed by atoms with Crippen LogP contribution in [0.3, 0.4) is 0 Å². The lowest BCUT2D eigenvalue weighted by Gasteiger charge is -2.16. The highest BCUT2D eigenvalue weighted by molar-refractivity contribution is 6.30. The molecule has 4 nitrogen and oxygen atoms in total. The van der Waals surface area contributed by atoms with Crippen molar-refractivity contribution in [2.45, 2.75) is 6.42 Å². The highest BCUT2D eigenvalue weighted by Gasteiger charge is 2.28. The molecule has 1 aliphatic rings. The number of amides is 1. The van der Waals surface area contributed by atoms with Crippen molar-refractivity contribution >= 4 is 17.5 Å². The molecule has 1 aliphatic heterocycles. The van der Waals surface area contributed by atoms with Crippen LogP contribution in [-0.2, 0) is 4.79 Å². The van der Waals surface area contributed by atoms with Gasteiger partial charge in [0.15, 0.2) is 0 Å². The van der Waals surface area contributed by atoms with Crippen LogP contribution in [0.2, 0.25) is 5.02 Å². The Labute approximate surface area is 111 Å². The molecule has 1 unspecified atom stereocenters. The van der Waals surface area contributed by atoms with Gasteiger partial charge in [-0.15, -0.1) is 0 Å². The number of carbonyl (C=O) groups is 1. The third-order valence-electron chi connectivity index (χ3n) is 3.00. The summed E-state index contributed by atoms with van der Waals surface area (Å²) in [6, 6.07) is 7.12. The lowest BCUT2D eigenvalue weighted by Crippen LogP contribution is -2.30. The minimum Gasteiger partial charge on any atom is -0.492 e. The Morgan fingerprint density at radius 3 is 2.72 bits per heavy atom. The summed E-state index contributed by atoms with van der Waals surface area (Å²) >= 11 is 5.77. The Morgan fingerprint density at radius 1 is 1.39 bits per heavy atom. The minimum absolute atomic E-state index is 0.0697. The van der Waals surface area contributed by atoms with Crippen molar-refractivity contribution in [3.63, 3.8) is 0 Å². The number of hydrogen-bond donors (Lipinski definition) is 1. The normalized spacial score (nSPS) is 19.3. The van der Waals surface area contributed by atoms with Gasteiger partial charge in [-0.05, 0) is 24.3 Å². The van der Waals surface area contributed by atoms with Gasteiger partial charge in [-0.3, -0.25) is 4.79 Å². The second-order valence-corrected chi connectivity index (χ2v) is 4.83. The summed E-state index contributed by atoms with van der Waals surface area (Å²) in [5, 5.41) is 9.68. The molecule has 0 bridgehead atoms. The number of aliphatic hydroxyl groups is 1. The highest BCUT2D eigenvalue weighted by Crippen LogP contribution is 2.18. The van der Waals surface area contributed by atoms with E-state index >= 15 is 0 Å². The standard InChI is InChI=1S/C13H16ClNO3/c14-11-1-3-12(4-2-11)18-6-5-15-8-10(9-16)7-13(15)17/h1-4,10,16H,5-9H2. The van der Waals surface area contributed by atoms with E-state index in [1.807, 2.05) is 0 Å². The average molecular weight is 270 g/mol. The summed E-state index contributed by atoms with van der Waals surface area (Å²) in [4.78, 5) is 13.3. The molecular formula is C13H16ClNO3. The van der Waals surface area contributed by atoms with Gasteiger partial charge < -0.3 is 14.7 Å². The van der Waals surface area contributed by atoms with Gasteiger partial charge >= 0.3 is 0 Å². The molecule has 98 valence electrons. The fraction of sp³-hybridized carbons (Fsp3) is 0.462. The smallest absolute Gasteiger partial charge is 0.223 e. The second-order valence-electron chi connectivity index (χ2n) is 4.39. The monoisotopic (exact) mass is 269 g/mol. The van der Waals surface area contributed by atoms with Crippen molar-refractivity contribution in [3.8, 4) is 5.75 Å². The van der Waals surface area contributed by atoms with Crippen LogP contribution < -0.4 is 4.74 Å². The first-order chi connectivity index (χ1) is 8.69. The molecule has 1 aromatic carbocycles. The van der Waals surface area contributed by atoms with Crippen LogP contribution in [-0.4, -0.2) is 42.2 Å². The first kappa shape index (κ1) is 13.2. The van der Waals surface area contributed by atoms with E-state index in [1.54, 1.807) is 29.2 Å². The Hall–Kier alpha value is -1.26. The number of halogens is 1. The third-order valence-corrected chi connectivity index (χ3v) is 3.25. The largest absolute Gasteiger partial charge is 0.492 e. The van der Waals surface area contributed by atoms with E-state index in [4.69, 9.17) is 21.4 Å². The van der Waals surface area contributed by atoms with Gasteiger partial charge in [-0.25, -0.2) is 0 Å². The van der Waals surface area contributed by atoms with Crippen LogP contribution in [0.5, 0.6) is 5.75 Å². The molecule has 0 aromatic heterocycles. The summed E-state index contributed by atoms with van der Waals surface area (Å²) < 4.78 is 5.53. The Bertz CT molecular complexity index is 407. The SMILES string of the molecule is O=C1CC(CO)CN1CCOc1ccc(Cl)cc1. The summed E-state index contributed by atoms with van der Waals surface area (Å²) in [5.74, 6) is 0.909. The minimum atomic E-state index is 0.0697. The molecule has 1 amide bonds. The molecule has 0 radical (unpaired) electrons. The van der Waals surface area contributed by atoms with Gasteiger partial charge in [0.1, 0.15) is 12.4 Å². The maximum atomic E-state index is 11.6. The summed E-state index contributed by atoms with van der Waals surface area (Å²) in [7, 11) is 0. The summed E-state index contributed by atoms with van der Waals surface area (Å²) in [5.41, 5.74) is 0. The van der Waals surface area contributed by atoms with Crippen LogP contribution in [0.4, 0.5) is 0 Å². The van der Waals surface area contributed by atoms with E-state index in [0.29, 0.717) is 31.1 Å². The first-order valence-corrected chi connectivity index (χ1v) is 6.34. The Morgan fingerprint density at radius 2 is 2.11 bits per heavy atom. The molecule has 1 atom stereocenters. The molecule has 5 heteroatoms. The maximum absolute atomic E-state index is 11.6. The topological polar surface area (TPSA) is 49.8 Å². The quantitative estimate of drug-likeness (QED) is 0.883. The molecular weight excluding hydrogens is 254 g/mol. The molecule has 1 aromatic rings. The third kappa shape index (κ3) is 3.37. The molecule has 18 heavy (non-hydrogen) atoms. The van der Waals surface area contributed by atoms with Crippen molar-refractivity contribution in [2.24, 2.45) is 5.92 Å². The van der Waals surface area contributed by atoms with Gasteiger partial charge in [-0.2, -0.15) is 0 Å². The second kappa shape index (κ2) is 6.07. The Kier molecular flexibility index (Phi) is 4.44. The van der Waals surface area contributed by atoms with E-state index in [2.05, 4.69) is 0 Å². The van der Waals surface area contributed by atoms with E-state index in [9.17, 15) is 4.79 Å². The van der Waals surface area contributed by atoms with Crippen LogP contribution in [0.15, 0.2) is 24.3 Å². The number of carbonyl (C=O) groups excluding carboxylic acids is 1. The van der Waals surface area contributed by atoms with E-state index < -0.39 is 0 Å². The molecule has 0 aliphatic carbocycles. The van der Waals surface area contributed by atoms with E-state index in [1.165, 1.54) is 0 Å². The Balaban J connectivity index is 1.75. The zero-order valence-electron chi connectivity index (χ0n) is 10.0. The molecule has 0 saturated carbocycles. The molecule has 1 saturated heterocycles. The van der Waals surface area contributed by atoms with E-state index in [0.717, 1.165) is 5.75 Å². The van der Waals surface area contributed by atoms with Crippen LogP contribution in [0.25, 0.3) is 0 Å². The average Bonchev–Trinajstić information content (AvgIpc) is 2.73. The number of hydrogen-bond acceptors (Lipinski definition) is 3. The highest BCUT2D eigenvalue weighted by atomic mass is 35.5. The molecule has 2 rings (SSSR count). The lowest BCUT2D eigenvalue weighted by atomic mass is 10.1. The number of rotatable bonds is 5. The predicted molar refractivity (Wildman–Crippen MR) is 68.7 cm³/mol. The fourth-order valence-electron chi connectivity index (χ4n) is 2.00. The van der Waals surface area contributed by atoms with Crippen molar-refractivity contribution in [1.29, 1.82) is 0 Å². The van der Waals surface area contributed by atoms with E-state index in [-0.39, 0.29) is 18.4 Å². The molecule has 1 fully saturated rings. The fourth-order valence-corrected chi connectivity index (χ4v) is 2.12. The number of nitrogens with zero attached hydrogens (tertiary/aromatic N) is 1. The number of aliphatic hydroxyl groups excluding tert-OH is 1. The summed E-state index contributed by atoms with van der Waals surface area (Å²) in [6.45, 7) is 1.70. The van der Waals surface area contributed by atoms with Gasteiger partial charge in [0.05, 0.1) is 6.54 Å². The van der Waals surface area contributed by atoms with Gasteiger partial charge in [0, 0.05) is 30.5 Å². The zero-order valence-corrected chi connectivity index (χ0v) is 10.8. The van der Waals surface area contributed by atoms with Crippen molar-refractivity contribution in [1.82, 2.24) is 4.90 Å². The van der Waals surface area contributed by atoms with Gasteiger partial charge in [0.25, 0.3) is 0 Å². The number of benzene rings is 1. The van der Waals surface area contributed by atoms with Crippen molar-refractivity contribution < 1.29 is 14.6 Å². The molecule has 1 N–H and O–H groups in total.